The van der Waals surface area contributed by atoms with Gasteiger partial charge in [-0.2, -0.15) is 5.10 Å². The zero-order valence-corrected chi connectivity index (χ0v) is 18.8. The van der Waals surface area contributed by atoms with E-state index < -0.39 is 12.1 Å². The summed E-state index contributed by atoms with van der Waals surface area (Å²) in [4.78, 5) is 27.3. The summed E-state index contributed by atoms with van der Waals surface area (Å²) in [7, 11) is 1.70. The number of hydrazone groups is 1. The molecule has 168 valence electrons. The van der Waals surface area contributed by atoms with Gasteiger partial charge in [0.25, 0.3) is 5.91 Å². The van der Waals surface area contributed by atoms with Crippen LogP contribution in [0.3, 0.4) is 0 Å². The molecule has 0 radical (unpaired) electrons. The number of carbonyl (C=O) groups is 2. The third-order valence-corrected chi connectivity index (χ3v) is 5.62. The number of carbonyl (C=O) groups excluding carboxylic acids is 2. The minimum Gasteiger partial charge on any atom is -0.448 e. The smallest absolute Gasteiger partial charge is 0.355 e. The maximum atomic E-state index is 12.9. The van der Waals surface area contributed by atoms with Crippen LogP contribution in [0.1, 0.15) is 30.5 Å². The molecular weight excluding hydrogens is 414 g/mol. The molecule has 1 heterocycles. The lowest BCUT2D eigenvalue weighted by Crippen LogP contribution is -2.38. The van der Waals surface area contributed by atoms with Crippen LogP contribution >= 0.6 is 0 Å². The second-order valence-electron chi connectivity index (χ2n) is 8.08. The van der Waals surface area contributed by atoms with E-state index >= 15 is 0 Å². The predicted octanol–water partition coefficient (Wildman–Crippen LogP) is 4.58. The van der Waals surface area contributed by atoms with Gasteiger partial charge in [0, 0.05) is 20.0 Å². The molecular formula is C27H27N3O3. The highest BCUT2D eigenvalue weighted by Crippen LogP contribution is 2.35. The molecule has 3 aromatic rings. The zero-order chi connectivity index (χ0) is 23.2. The minimum absolute atomic E-state index is 0.122. The van der Waals surface area contributed by atoms with Crippen LogP contribution in [0.25, 0.3) is 0 Å². The van der Waals surface area contributed by atoms with E-state index in [2.05, 4.69) is 5.10 Å². The van der Waals surface area contributed by atoms with Crippen molar-refractivity contribution in [2.45, 2.75) is 32.0 Å². The van der Waals surface area contributed by atoms with Gasteiger partial charge in [0.1, 0.15) is 5.71 Å². The van der Waals surface area contributed by atoms with E-state index in [1.807, 2.05) is 96.0 Å². The zero-order valence-electron chi connectivity index (χ0n) is 18.8. The highest BCUT2D eigenvalue weighted by atomic mass is 16.5. The molecule has 1 aliphatic rings. The Labute approximate surface area is 194 Å². The van der Waals surface area contributed by atoms with E-state index in [9.17, 15) is 9.59 Å². The number of ether oxygens (including phenoxy) is 1. The van der Waals surface area contributed by atoms with E-state index in [0.717, 1.165) is 16.8 Å². The Kier molecular flexibility index (Phi) is 6.83. The third kappa shape index (κ3) is 5.29. The first kappa shape index (κ1) is 22.3. The van der Waals surface area contributed by atoms with Crippen molar-refractivity contribution in [1.29, 1.82) is 0 Å². The number of nitrogens with zero attached hydrogens (tertiary/aromatic N) is 3. The highest BCUT2D eigenvalue weighted by Gasteiger charge is 2.34. The summed E-state index contributed by atoms with van der Waals surface area (Å²) in [5.74, 6) is -0.825. The molecule has 2 atom stereocenters. The summed E-state index contributed by atoms with van der Waals surface area (Å²) in [6.07, 6.45) is -0.506. The van der Waals surface area contributed by atoms with E-state index in [4.69, 9.17) is 4.74 Å². The number of likely N-dealkylation sites (N-methyl/N-ethyl adjacent to an activating group) is 1. The lowest BCUT2D eigenvalue weighted by atomic mass is 10.0. The molecule has 6 heteroatoms. The number of anilines is 1. The molecule has 0 bridgehead atoms. The fourth-order valence-electron chi connectivity index (χ4n) is 3.91. The van der Waals surface area contributed by atoms with Crippen molar-refractivity contribution in [2.24, 2.45) is 5.10 Å². The largest absolute Gasteiger partial charge is 0.448 e. The molecule has 0 aliphatic carbocycles. The van der Waals surface area contributed by atoms with E-state index in [1.54, 1.807) is 18.9 Å². The Bertz CT molecular complexity index is 1120. The Morgan fingerprint density at radius 2 is 1.55 bits per heavy atom. The first-order chi connectivity index (χ1) is 16.0. The van der Waals surface area contributed by atoms with Gasteiger partial charge in [-0.3, -0.25) is 9.80 Å². The van der Waals surface area contributed by atoms with Crippen LogP contribution in [0.4, 0.5) is 5.69 Å². The summed E-state index contributed by atoms with van der Waals surface area (Å²) >= 11 is 0. The second kappa shape index (κ2) is 10.1. The quantitative estimate of drug-likeness (QED) is 0.504. The monoisotopic (exact) mass is 441 g/mol. The summed E-state index contributed by atoms with van der Waals surface area (Å²) in [5, 5.41) is 6.44. The van der Waals surface area contributed by atoms with Crippen LogP contribution in [-0.4, -0.2) is 35.6 Å². The topological polar surface area (TPSA) is 62.2 Å². The maximum Gasteiger partial charge on any atom is 0.355 e. The lowest BCUT2D eigenvalue weighted by Gasteiger charge is -2.23. The van der Waals surface area contributed by atoms with Crippen molar-refractivity contribution in [3.05, 3.63) is 102 Å². The Morgan fingerprint density at radius 3 is 2.18 bits per heavy atom. The molecule has 6 nitrogen and oxygen atoms in total. The number of amides is 1. The number of rotatable bonds is 7. The summed E-state index contributed by atoms with van der Waals surface area (Å²) in [5.41, 5.74) is 3.26. The van der Waals surface area contributed by atoms with Gasteiger partial charge in [0.05, 0.1) is 11.7 Å². The summed E-state index contributed by atoms with van der Waals surface area (Å²) in [6.45, 7) is 2.04. The Morgan fingerprint density at radius 1 is 0.970 bits per heavy atom. The molecule has 0 spiro atoms. The molecule has 0 fully saturated rings. The number of esters is 1. The van der Waals surface area contributed by atoms with Crippen LogP contribution in [0.5, 0.6) is 0 Å². The summed E-state index contributed by atoms with van der Waals surface area (Å²) < 4.78 is 5.54. The van der Waals surface area contributed by atoms with Crippen LogP contribution in [0.2, 0.25) is 0 Å². The molecule has 0 saturated heterocycles. The van der Waals surface area contributed by atoms with Crippen molar-refractivity contribution >= 4 is 23.3 Å². The SMILES string of the molecule is C[C@H](OC(=O)C1=NN(c2ccccc2)[C@@H](c2ccccc2)C1)C(=O)N(C)Cc1ccccc1. The molecule has 3 aromatic carbocycles. The van der Waals surface area contributed by atoms with E-state index in [-0.39, 0.29) is 11.9 Å². The Hall–Kier alpha value is -3.93. The van der Waals surface area contributed by atoms with Gasteiger partial charge in [-0.15, -0.1) is 0 Å². The van der Waals surface area contributed by atoms with Crippen molar-refractivity contribution in [2.75, 3.05) is 12.1 Å². The molecule has 33 heavy (non-hydrogen) atoms. The average molecular weight is 442 g/mol. The van der Waals surface area contributed by atoms with Gasteiger partial charge in [0.2, 0.25) is 0 Å². The van der Waals surface area contributed by atoms with E-state index in [0.29, 0.717) is 18.7 Å². The standard InChI is InChI=1S/C27H27N3O3/c1-20(26(31)29(2)19-21-12-6-3-7-13-21)33-27(32)24-18-25(22-14-8-4-9-15-22)30(28-24)23-16-10-5-11-17-23/h3-17,20,25H,18-19H2,1-2H3/t20-,25+/m0/s1. The lowest BCUT2D eigenvalue weighted by molar-refractivity contribution is -0.153. The molecule has 0 aromatic heterocycles. The van der Waals surface area contributed by atoms with Crippen molar-refractivity contribution < 1.29 is 14.3 Å². The fourth-order valence-corrected chi connectivity index (χ4v) is 3.91. The third-order valence-electron chi connectivity index (χ3n) is 5.62. The average Bonchev–Trinajstić information content (AvgIpc) is 3.31. The maximum absolute atomic E-state index is 12.9. The molecule has 4 rings (SSSR count). The van der Waals surface area contributed by atoms with Gasteiger partial charge >= 0.3 is 5.97 Å². The van der Waals surface area contributed by atoms with Crippen LogP contribution < -0.4 is 5.01 Å². The number of hydrogen-bond donors (Lipinski definition) is 0. The van der Waals surface area contributed by atoms with Crippen molar-refractivity contribution in [3.8, 4) is 0 Å². The van der Waals surface area contributed by atoms with Crippen LogP contribution in [-0.2, 0) is 20.9 Å². The van der Waals surface area contributed by atoms with Crippen LogP contribution in [0.15, 0.2) is 96.1 Å². The van der Waals surface area contributed by atoms with Gasteiger partial charge < -0.3 is 9.64 Å². The second-order valence-corrected chi connectivity index (χ2v) is 8.08. The first-order valence-electron chi connectivity index (χ1n) is 11.0. The molecule has 0 unspecified atom stereocenters. The normalized spacial score (nSPS) is 16.1. The minimum atomic E-state index is -0.908. The highest BCUT2D eigenvalue weighted by molar-refractivity contribution is 6.37. The number of hydrogen-bond acceptors (Lipinski definition) is 5. The van der Waals surface area contributed by atoms with Gasteiger partial charge in [-0.05, 0) is 30.2 Å². The van der Waals surface area contributed by atoms with Crippen LogP contribution in [0, 0.1) is 0 Å². The van der Waals surface area contributed by atoms with Gasteiger partial charge in [0.15, 0.2) is 6.10 Å². The van der Waals surface area contributed by atoms with Gasteiger partial charge in [-0.1, -0.05) is 78.9 Å². The number of para-hydroxylation sites is 1. The molecule has 0 N–H and O–H groups in total. The fraction of sp³-hybridized carbons (Fsp3) is 0.222. The molecule has 1 aliphatic heterocycles. The molecule has 1 amide bonds. The number of benzene rings is 3. The predicted molar refractivity (Wildman–Crippen MR) is 129 cm³/mol. The van der Waals surface area contributed by atoms with Crippen molar-refractivity contribution in [1.82, 2.24) is 4.90 Å². The summed E-state index contributed by atoms with van der Waals surface area (Å²) in [6, 6.07) is 29.2. The molecule has 0 saturated carbocycles. The van der Waals surface area contributed by atoms with Crippen molar-refractivity contribution in [3.63, 3.8) is 0 Å². The Balaban J connectivity index is 1.46. The van der Waals surface area contributed by atoms with E-state index in [1.165, 1.54) is 0 Å². The van der Waals surface area contributed by atoms with Gasteiger partial charge in [-0.25, -0.2) is 4.79 Å². The first-order valence-corrected chi connectivity index (χ1v) is 11.0.